The van der Waals surface area contributed by atoms with Gasteiger partial charge in [0.2, 0.25) is 5.89 Å². The Morgan fingerprint density at radius 1 is 1.56 bits per heavy atom. The van der Waals surface area contributed by atoms with Gasteiger partial charge < -0.3 is 9.73 Å². The van der Waals surface area contributed by atoms with Crippen LogP contribution in [0.15, 0.2) is 27.4 Å². The Bertz CT molecular complexity index is 422. The number of oxazole rings is 1. The Morgan fingerprint density at radius 3 is 3.06 bits per heavy atom. The largest absolute Gasteiger partial charge is 0.444 e. The molecule has 1 unspecified atom stereocenters. The lowest BCUT2D eigenvalue weighted by molar-refractivity contribution is 0.404. The molecule has 2 aromatic rings. The summed E-state index contributed by atoms with van der Waals surface area (Å²) in [7, 11) is 0. The molecule has 3 nitrogen and oxygen atoms in total. The van der Waals surface area contributed by atoms with Gasteiger partial charge in [0.25, 0.3) is 0 Å². The molecule has 4 heteroatoms. The van der Waals surface area contributed by atoms with Gasteiger partial charge in [-0.05, 0) is 49.2 Å². The van der Waals surface area contributed by atoms with E-state index in [9.17, 15) is 0 Å². The number of nitrogens with one attached hydrogen (secondary N) is 1. The monoisotopic (exact) mass is 236 g/mol. The van der Waals surface area contributed by atoms with Gasteiger partial charge in [0.15, 0.2) is 0 Å². The van der Waals surface area contributed by atoms with Gasteiger partial charge in [-0.3, -0.25) is 0 Å². The molecule has 0 aliphatic rings. The predicted octanol–water partition coefficient (Wildman–Crippen LogP) is 2.94. The molecule has 16 heavy (non-hydrogen) atoms. The number of nitrogens with zero attached hydrogens (tertiary/aromatic N) is 1. The highest BCUT2D eigenvalue weighted by molar-refractivity contribution is 7.07. The fraction of sp³-hybridized carbons (Fsp3) is 0.417. The number of aromatic nitrogens is 1. The van der Waals surface area contributed by atoms with Gasteiger partial charge >= 0.3 is 0 Å². The first kappa shape index (κ1) is 11.4. The first-order valence-corrected chi connectivity index (χ1v) is 6.37. The zero-order chi connectivity index (χ0) is 11.4. The zero-order valence-electron chi connectivity index (χ0n) is 9.56. The van der Waals surface area contributed by atoms with E-state index in [4.69, 9.17) is 4.42 Å². The summed E-state index contributed by atoms with van der Waals surface area (Å²) in [5.74, 6) is 1.63. The number of thiophene rings is 1. The third-order valence-corrected chi connectivity index (χ3v) is 3.19. The highest BCUT2D eigenvalue weighted by atomic mass is 32.1. The van der Waals surface area contributed by atoms with Crippen LogP contribution in [0.1, 0.15) is 30.2 Å². The van der Waals surface area contributed by atoms with E-state index in [0.717, 1.165) is 24.6 Å². The molecule has 0 aliphatic carbocycles. The Labute approximate surface area is 99.5 Å². The van der Waals surface area contributed by atoms with E-state index >= 15 is 0 Å². The van der Waals surface area contributed by atoms with Crippen LogP contribution in [0.3, 0.4) is 0 Å². The van der Waals surface area contributed by atoms with Crippen LogP contribution in [0.4, 0.5) is 0 Å². The molecule has 1 N–H and O–H groups in total. The molecule has 0 amide bonds. The van der Waals surface area contributed by atoms with Crippen molar-refractivity contribution >= 4 is 11.3 Å². The van der Waals surface area contributed by atoms with E-state index in [1.807, 2.05) is 6.92 Å². The average Bonchev–Trinajstić information content (AvgIpc) is 2.89. The second-order valence-electron chi connectivity index (χ2n) is 3.87. The van der Waals surface area contributed by atoms with Gasteiger partial charge in [0, 0.05) is 0 Å². The summed E-state index contributed by atoms with van der Waals surface area (Å²) in [5, 5.41) is 7.69. The van der Waals surface area contributed by atoms with Crippen LogP contribution < -0.4 is 5.32 Å². The third-order valence-electron chi connectivity index (χ3n) is 2.45. The lowest BCUT2D eigenvalue weighted by Gasteiger charge is -2.09. The maximum Gasteiger partial charge on any atom is 0.211 e. The van der Waals surface area contributed by atoms with E-state index in [0.29, 0.717) is 0 Å². The highest BCUT2D eigenvalue weighted by Gasteiger charge is 2.09. The normalized spacial score (nSPS) is 12.9. The van der Waals surface area contributed by atoms with E-state index < -0.39 is 0 Å². The van der Waals surface area contributed by atoms with Crippen molar-refractivity contribution in [2.24, 2.45) is 0 Å². The van der Waals surface area contributed by atoms with E-state index in [-0.39, 0.29) is 6.04 Å². The summed E-state index contributed by atoms with van der Waals surface area (Å²) in [6, 6.07) is 2.33. The van der Waals surface area contributed by atoms with E-state index in [1.54, 1.807) is 17.5 Å². The molecule has 0 saturated heterocycles. The smallest absolute Gasteiger partial charge is 0.211 e. The molecule has 2 aromatic heterocycles. The second kappa shape index (κ2) is 5.27. The number of rotatable bonds is 5. The van der Waals surface area contributed by atoms with Crippen molar-refractivity contribution in [3.63, 3.8) is 0 Å². The summed E-state index contributed by atoms with van der Waals surface area (Å²) >= 11 is 1.74. The van der Waals surface area contributed by atoms with Gasteiger partial charge in [0.1, 0.15) is 5.76 Å². The highest BCUT2D eigenvalue weighted by Crippen LogP contribution is 2.12. The summed E-state index contributed by atoms with van der Waals surface area (Å²) in [6.07, 6.45) is 2.81. The summed E-state index contributed by atoms with van der Waals surface area (Å²) in [6.45, 7) is 4.92. The SMILES string of the molecule is Cc1cnc(C(C)NCCc2ccsc2)o1. The summed E-state index contributed by atoms with van der Waals surface area (Å²) < 4.78 is 5.46. The zero-order valence-corrected chi connectivity index (χ0v) is 10.4. The van der Waals surface area contributed by atoms with Crippen LogP contribution in [0.5, 0.6) is 0 Å². The van der Waals surface area contributed by atoms with Crippen LogP contribution in [0, 0.1) is 6.92 Å². The standard InChI is InChI=1S/C12H16N2OS/c1-9-7-14-12(15-9)10(2)13-5-3-11-4-6-16-8-11/h4,6-8,10,13H,3,5H2,1-2H3. The molecule has 0 radical (unpaired) electrons. The predicted molar refractivity (Wildman–Crippen MR) is 65.7 cm³/mol. The van der Waals surface area contributed by atoms with E-state index in [1.165, 1.54) is 5.56 Å². The Kier molecular flexibility index (Phi) is 3.74. The topological polar surface area (TPSA) is 38.1 Å². The molecule has 0 spiro atoms. The molecule has 0 bridgehead atoms. The maximum atomic E-state index is 5.46. The molecule has 86 valence electrons. The molecule has 0 fully saturated rings. The molecular formula is C12H16N2OS. The lowest BCUT2D eigenvalue weighted by atomic mass is 10.2. The fourth-order valence-electron chi connectivity index (χ4n) is 1.53. The fourth-order valence-corrected chi connectivity index (χ4v) is 2.23. The molecule has 2 heterocycles. The minimum Gasteiger partial charge on any atom is -0.444 e. The van der Waals surface area contributed by atoms with Gasteiger partial charge in [-0.1, -0.05) is 0 Å². The average molecular weight is 236 g/mol. The molecule has 0 aliphatic heterocycles. The van der Waals surface area contributed by atoms with Crippen molar-refractivity contribution < 1.29 is 4.42 Å². The summed E-state index contributed by atoms with van der Waals surface area (Å²) in [5.41, 5.74) is 1.38. The van der Waals surface area contributed by atoms with Crippen LogP contribution in [-0.4, -0.2) is 11.5 Å². The number of hydrogen-bond acceptors (Lipinski definition) is 4. The van der Waals surface area contributed by atoms with Gasteiger partial charge in [-0.25, -0.2) is 4.98 Å². The van der Waals surface area contributed by atoms with Crippen molar-refractivity contribution in [3.8, 4) is 0 Å². The minimum atomic E-state index is 0.173. The Morgan fingerprint density at radius 2 is 2.44 bits per heavy atom. The molecule has 0 saturated carbocycles. The van der Waals surface area contributed by atoms with Crippen LogP contribution in [0.2, 0.25) is 0 Å². The molecule has 1 atom stereocenters. The third kappa shape index (κ3) is 2.93. The lowest BCUT2D eigenvalue weighted by Crippen LogP contribution is -2.21. The Balaban J connectivity index is 1.78. The Hall–Kier alpha value is -1.13. The quantitative estimate of drug-likeness (QED) is 0.867. The maximum absolute atomic E-state index is 5.46. The van der Waals surface area contributed by atoms with Crippen molar-refractivity contribution in [2.45, 2.75) is 26.3 Å². The number of aryl methyl sites for hydroxylation is 1. The van der Waals surface area contributed by atoms with Crippen molar-refractivity contribution in [1.29, 1.82) is 0 Å². The van der Waals surface area contributed by atoms with Gasteiger partial charge in [-0.15, -0.1) is 0 Å². The van der Waals surface area contributed by atoms with Crippen LogP contribution in [0.25, 0.3) is 0 Å². The second-order valence-corrected chi connectivity index (χ2v) is 4.65. The van der Waals surface area contributed by atoms with Crippen LogP contribution >= 0.6 is 11.3 Å². The van der Waals surface area contributed by atoms with Crippen molar-refractivity contribution in [3.05, 3.63) is 40.2 Å². The summed E-state index contributed by atoms with van der Waals surface area (Å²) in [4.78, 5) is 4.20. The first-order chi connectivity index (χ1) is 7.75. The van der Waals surface area contributed by atoms with Crippen molar-refractivity contribution in [2.75, 3.05) is 6.54 Å². The van der Waals surface area contributed by atoms with Gasteiger partial charge in [-0.2, -0.15) is 11.3 Å². The van der Waals surface area contributed by atoms with E-state index in [2.05, 4.69) is 34.1 Å². The molecule has 2 rings (SSSR count). The molecule has 0 aromatic carbocycles. The van der Waals surface area contributed by atoms with Crippen molar-refractivity contribution in [1.82, 2.24) is 10.3 Å². The minimum absolute atomic E-state index is 0.173. The number of hydrogen-bond donors (Lipinski definition) is 1. The van der Waals surface area contributed by atoms with Gasteiger partial charge in [0.05, 0.1) is 12.2 Å². The van der Waals surface area contributed by atoms with Crippen LogP contribution in [-0.2, 0) is 6.42 Å². The molecular weight excluding hydrogens is 220 g/mol. The first-order valence-electron chi connectivity index (χ1n) is 5.42.